The first-order valence-electron chi connectivity index (χ1n) is 7.40. The monoisotopic (exact) mass is 366 g/mol. The van der Waals surface area contributed by atoms with Crippen LogP contribution in [0, 0.1) is 5.82 Å². The Hall–Kier alpha value is -2.45. The predicted octanol–water partition coefficient (Wildman–Crippen LogP) is 2.01. The maximum Gasteiger partial charge on any atom is 0.253 e. The van der Waals surface area contributed by atoms with Crippen LogP contribution in [0.15, 0.2) is 47.4 Å². The average Bonchev–Trinajstić information content (AvgIpc) is 2.62. The van der Waals surface area contributed by atoms with E-state index in [0.717, 1.165) is 5.56 Å². The van der Waals surface area contributed by atoms with Crippen LogP contribution in [0.3, 0.4) is 0 Å². The highest BCUT2D eigenvalue weighted by molar-refractivity contribution is 7.89. The fourth-order valence-electron chi connectivity index (χ4n) is 2.29. The second-order valence-electron chi connectivity index (χ2n) is 5.36. The van der Waals surface area contributed by atoms with Crippen molar-refractivity contribution < 1.29 is 22.3 Å². The van der Waals surface area contributed by atoms with Crippen LogP contribution in [-0.4, -0.2) is 40.4 Å². The van der Waals surface area contributed by atoms with E-state index in [0.29, 0.717) is 0 Å². The third-order valence-corrected chi connectivity index (χ3v) is 5.08. The van der Waals surface area contributed by atoms with Crippen LogP contribution in [0.1, 0.15) is 15.9 Å². The van der Waals surface area contributed by atoms with Crippen molar-refractivity contribution in [2.24, 2.45) is 0 Å². The number of benzene rings is 2. The smallest absolute Gasteiger partial charge is 0.253 e. The third-order valence-electron chi connectivity index (χ3n) is 3.65. The molecule has 2 rings (SSSR count). The Morgan fingerprint density at radius 3 is 2.40 bits per heavy atom. The number of amides is 1. The van der Waals surface area contributed by atoms with Gasteiger partial charge >= 0.3 is 0 Å². The minimum atomic E-state index is -3.77. The first-order chi connectivity index (χ1) is 11.8. The molecule has 1 N–H and O–H groups in total. The molecule has 0 aliphatic carbocycles. The number of sulfonamides is 1. The Kier molecular flexibility index (Phi) is 5.76. The van der Waals surface area contributed by atoms with E-state index in [9.17, 15) is 17.6 Å². The second-order valence-corrected chi connectivity index (χ2v) is 7.22. The van der Waals surface area contributed by atoms with Gasteiger partial charge in [0.1, 0.15) is 16.5 Å². The second kappa shape index (κ2) is 7.62. The van der Waals surface area contributed by atoms with E-state index in [1.165, 1.54) is 49.4 Å². The van der Waals surface area contributed by atoms with Crippen LogP contribution in [0.2, 0.25) is 0 Å². The lowest BCUT2D eigenvalue weighted by Gasteiger charge is -2.18. The van der Waals surface area contributed by atoms with Gasteiger partial charge in [-0.3, -0.25) is 4.79 Å². The maximum absolute atomic E-state index is 13.0. The van der Waals surface area contributed by atoms with E-state index in [4.69, 9.17) is 4.74 Å². The van der Waals surface area contributed by atoms with Crippen molar-refractivity contribution in [3.63, 3.8) is 0 Å². The summed E-state index contributed by atoms with van der Waals surface area (Å²) in [5.74, 6) is -0.568. The number of halogens is 1. The van der Waals surface area contributed by atoms with Gasteiger partial charge in [-0.15, -0.1) is 0 Å². The highest BCUT2D eigenvalue weighted by Gasteiger charge is 2.21. The summed E-state index contributed by atoms with van der Waals surface area (Å²) < 4.78 is 44.4. The summed E-state index contributed by atoms with van der Waals surface area (Å²) in [4.78, 5) is 13.9. The van der Waals surface area contributed by atoms with Gasteiger partial charge in [0, 0.05) is 19.2 Å². The number of ether oxygens (including phenoxy) is 1. The lowest BCUT2D eigenvalue weighted by molar-refractivity contribution is 0.0785. The number of hydrogen-bond acceptors (Lipinski definition) is 4. The lowest BCUT2D eigenvalue weighted by atomic mass is 10.1. The number of methoxy groups -OCH3 is 1. The fraction of sp³-hybridized carbons (Fsp3) is 0.235. The molecule has 25 heavy (non-hydrogen) atoms. The molecule has 2 aromatic rings. The molecule has 0 bridgehead atoms. The van der Waals surface area contributed by atoms with Crippen LogP contribution in [0.4, 0.5) is 4.39 Å². The molecule has 0 aliphatic rings. The number of rotatable bonds is 6. The standard InChI is InChI=1S/C17H19FN2O4S/c1-19-25(22,23)16-10-13(6-9-15(16)24-3)17(21)20(2)11-12-4-7-14(18)8-5-12/h4-10,19H,11H2,1-3H3. The summed E-state index contributed by atoms with van der Waals surface area (Å²) in [5.41, 5.74) is 0.966. The summed E-state index contributed by atoms with van der Waals surface area (Å²) >= 11 is 0. The van der Waals surface area contributed by atoms with Gasteiger partial charge in [0.05, 0.1) is 7.11 Å². The highest BCUT2D eigenvalue weighted by Crippen LogP contribution is 2.25. The lowest BCUT2D eigenvalue weighted by Crippen LogP contribution is -2.27. The molecule has 0 spiro atoms. The first kappa shape index (κ1) is 18.9. The predicted molar refractivity (Wildman–Crippen MR) is 91.4 cm³/mol. The van der Waals surface area contributed by atoms with Crippen molar-refractivity contribution in [3.05, 3.63) is 59.4 Å². The molecular weight excluding hydrogens is 347 g/mol. The van der Waals surface area contributed by atoms with Crippen LogP contribution in [0.5, 0.6) is 5.75 Å². The van der Waals surface area contributed by atoms with E-state index in [1.54, 1.807) is 19.2 Å². The number of carbonyl (C=O) groups excluding carboxylic acids is 1. The molecule has 0 atom stereocenters. The van der Waals surface area contributed by atoms with Crippen molar-refractivity contribution in [2.75, 3.05) is 21.2 Å². The zero-order chi connectivity index (χ0) is 18.6. The van der Waals surface area contributed by atoms with Gasteiger partial charge in [0.2, 0.25) is 10.0 Å². The molecular formula is C17H19FN2O4S. The fourth-order valence-corrected chi connectivity index (χ4v) is 3.20. The van der Waals surface area contributed by atoms with Gasteiger partial charge in [-0.05, 0) is 42.9 Å². The number of carbonyl (C=O) groups is 1. The molecule has 0 saturated heterocycles. The zero-order valence-corrected chi connectivity index (χ0v) is 14.9. The Labute approximate surface area is 146 Å². The van der Waals surface area contributed by atoms with E-state index in [2.05, 4.69) is 4.72 Å². The number of nitrogens with zero attached hydrogens (tertiary/aromatic N) is 1. The molecule has 0 heterocycles. The Morgan fingerprint density at radius 1 is 1.20 bits per heavy atom. The Bertz CT molecular complexity index is 867. The molecule has 6 nitrogen and oxygen atoms in total. The van der Waals surface area contributed by atoms with Crippen LogP contribution >= 0.6 is 0 Å². The normalized spacial score (nSPS) is 11.2. The van der Waals surface area contributed by atoms with Crippen molar-refractivity contribution in [1.29, 1.82) is 0 Å². The highest BCUT2D eigenvalue weighted by atomic mass is 32.2. The molecule has 134 valence electrons. The third kappa shape index (κ3) is 4.34. The van der Waals surface area contributed by atoms with Crippen molar-refractivity contribution in [1.82, 2.24) is 9.62 Å². The molecule has 0 saturated carbocycles. The average molecular weight is 366 g/mol. The largest absolute Gasteiger partial charge is 0.495 e. The van der Waals surface area contributed by atoms with Gasteiger partial charge in [-0.1, -0.05) is 12.1 Å². The minimum absolute atomic E-state index is 0.112. The van der Waals surface area contributed by atoms with Crippen molar-refractivity contribution in [3.8, 4) is 5.75 Å². The van der Waals surface area contributed by atoms with Gasteiger partial charge in [-0.2, -0.15) is 0 Å². The summed E-state index contributed by atoms with van der Waals surface area (Å²) in [7, 11) is 0.447. The van der Waals surface area contributed by atoms with E-state index in [-0.39, 0.29) is 34.5 Å². The first-order valence-corrected chi connectivity index (χ1v) is 8.88. The maximum atomic E-state index is 13.0. The van der Waals surface area contributed by atoms with E-state index in [1.807, 2.05) is 0 Å². The summed E-state index contributed by atoms with van der Waals surface area (Å²) in [6.45, 7) is 0.263. The Balaban J connectivity index is 2.29. The molecule has 0 unspecified atom stereocenters. The summed E-state index contributed by atoms with van der Waals surface area (Å²) in [5, 5.41) is 0. The van der Waals surface area contributed by atoms with Gasteiger partial charge < -0.3 is 9.64 Å². The van der Waals surface area contributed by atoms with Crippen molar-refractivity contribution in [2.45, 2.75) is 11.4 Å². The topological polar surface area (TPSA) is 75.7 Å². The van der Waals surface area contributed by atoms with Gasteiger partial charge in [0.15, 0.2) is 0 Å². The minimum Gasteiger partial charge on any atom is -0.495 e. The number of hydrogen-bond donors (Lipinski definition) is 1. The summed E-state index contributed by atoms with van der Waals surface area (Å²) in [6.07, 6.45) is 0. The SMILES string of the molecule is CNS(=O)(=O)c1cc(C(=O)N(C)Cc2ccc(F)cc2)ccc1OC. The van der Waals surface area contributed by atoms with Crippen LogP contribution < -0.4 is 9.46 Å². The van der Waals surface area contributed by atoms with E-state index < -0.39 is 10.0 Å². The van der Waals surface area contributed by atoms with Crippen molar-refractivity contribution >= 4 is 15.9 Å². The van der Waals surface area contributed by atoms with E-state index >= 15 is 0 Å². The van der Waals surface area contributed by atoms with Crippen LogP contribution in [0.25, 0.3) is 0 Å². The molecule has 0 fully saturated rings. The summed E-state index contributed by atoms with van der Waals surface area (Å²) in [6, 6.07) is 10.0. The van der Waals surface area contributed by atoms with Gasteiger partial charge in [0.25, 0.3) is 5.91 Å². The molecule has 0 aliphatic heterocycles. The molecule has 0 radical (unpaired) electrons. The molecule has 2 aromatic carbocycles. The zero-order valence-electron chi connectivity index (χ0n) is 14.1. The molecule has 0 aromatic heterocycles. The van der Waals surface area contributed by atoms with Crippen LogP contribution in [-0.2, 0) is 16.6 Å². The Morgan fingerprint density at radius 2 is 1.84 bits per heavy atom. The van der Waals surface area contributed by atoms with Gasteiger partial charge in [-0.25, -0.2) is 17.5 Å². The number of nitrogens with one attached hydrogen (secondary N) is 1. The quantitative estimate of drug-likeness (QED) is 0.849. The molecule has 8 heteroatoms. The molecule has 1 amide bonds.